The number of tetrazole rings is 1. The highest BCUT2D eigenvalue weighted by atomic mass is 32.1. The molecule has 4 heterocycles. The van der Waals surface area contributed by atoms with Crippen molar-refractivity contribution in [3.05, 3.63) is 52.5 Å². The lowest BCUT2D eigenvalue weighted by Gasteiger charge is -2.30. The first kappa shape index (κ1) is 11.5. The van der Waals surface area contributed by atoms with Crippen LogP contribution in [-0.4, -0.2) is 25.2 Å². The van der Waals surface area contributed by atoms with Gasteiger partial charge in [0.1, 0.15) is 0 Å². The maximum Gasteiger partial charge on any atom is 0.244 e. The molecule has 3 aromatic rings. The Kier molecular flexibility index (Phi) is 2.70. The Balaban J connectivity index is 1.74. The summed E-state index contributed by atoms with van der Waals surface area (Å²) in [5, 5.41) is 17.4. The molecule has 0 aliphatic carbocycles. The lowest BCUT2D eigenvalue weighted by atomic mass is 9.98. The molecule has 1 aliphatic heterocycles. The molecule has 0 fully saturated rings. The van der Waals surface area contributed by atoms with Crippen LogP contribution in [0.25, 0.3) is 0 Å². The minimum absolute atomic E-state index is 0.173. The standard InChI is InChI=1S/C13H12N6S/c1-3-9(8-14-5-1)10-7-11(12-4-2-6-20-12)19-13(15-10)16-17-18-19/h1-6,8,10-11H,7H2,(H,15,16,18)/t10-,11+/m1/s1. The fourth-order valence-corrected chi connectivity index (χ4v) is 3.38. The normalized spacial score (nSPS) is 21.2. The Morgan fingerprint density at radius 2 is 2.30 bits per heavy atom. The highest BCUT2D eigenvalue weighted by Crippen LogP contribution is 2.38. The van der Waals surface area contributed by atoms with Gasteiger partial charge >= 0.3 is 0 Å². The summed E-state index contributed by atoms with van der Waals surface area (Å²) in [7, 11) is 0. The lowest BCUT2D eigenvalue weighted by Crippen LogP contribution is -2.27. The summed E-state index contributed by atoms with van der Waals surface area (Å²) in [6.07, 6.45) is 4.58. The monoisotopic (exact) mass is 284 g/mol. The minimum atomic E-state index is 0.173. The molecule has 7 heteroatoms. The van der Waals surface area contributed by atoms with E-state index in [4.69, 9.17) is 0 Å². The molecule has 100 valence electrons. The van der Waals surface area contributed by atoms with Gasteiger partial charge in [0.25, 0.3) is 0 Å². The zero-order valence-corrected chi connectivity index (χ0v) is 11.4. The third-order valence-corrected chi connectivity index (χ3v) is 4.48. The van der Waals surface area contributed by atoms with E-state index in [9.17, 15) is 0 Å². The predicted octanol–water partition coefficient (Wildman–Crippen LogP) is 2.28. The van der Waals surface area contributed by atoms with Crippen LogP contribution in [0.15, 0.2) is 42.0 Å². The summed E-state index contributed by atoms with van der Waals surface area (Å²) in [5.74, 6) is 0.712. The number of hydrogen-bond acceptors (Lipinski definition) is 6. The van der Waals surface area contributed by atoms with E-state index >= 15 is 0 Å². The van der Waals surface area contributed by atoms with Gasteiger partial charge in [-0.3, -0.25) is 4.98 Å². The molecule has 0 aromatic carbocycles. The number of hydrogen-bond donors (Lipinski definition) is 1. The van der Waals surface area contributed by atoms with Crippen molar-refractivity contribution in [2.45, 2.75) is 18.5 Å². The van der Waals surface area contributed by atoms with Gasteiger partial charge in [-0.05, 0) is 39.9 Å². The van der Waals surface area contributed by atoms with Crippen LogP contribution >= 0.6 is 11.3 Å². The van der Waals surface area contributed by atoms with Gasteiger partial charge in [0.15, 0.2) is 0 Å². The third kappa shape index (κ3) is 1.87. The molecule has 0 saturated carbocycles. The Bertz CT molecular complexity index is 693. The number of fused-ring (bicyclic) bond motifs is 1. The van der Waals surface area contributed by atoms with Crippen molar-refractivity contribution in [1.29, 1.82) is 0 Å². The molecule has 0 unspecified atom stereocenters. The second kappa shape index (κ2) is 4.68. The number of pyridine rings is 1. The van der Waals surface area contributed by atoms with E-state index in [0.29, 0.717) is 5.95 Å². The Labute approximate surface area is 119 Å². The first-order chi connectivity index (χ1) is 9.92. The van der Waals surface area contributed by atoms with Crippen molar-refractivity contribution in [2.24, 2.45) is 0 Å². The zero-order valence-electron chi connectivity index (χ0n) is 10.5. The van der Waals surface area contributed by atoms with Crippen molar-refractivity contribution < 1.29 is 0 Å². The van der Waals surface area contributed by atoms with Crippen LogP contribution in [0.2, 0.25) is 0 Å². The van der Waals surface area contributed by atoms with E-state index in [1.807, 2.05) is 16.9 Å². The molecule has 2 atom stereocenters. The van der Waals surface area contributed by atoms with Crippen LogP contribution in [-0.2, 0) is 0 Å². The smallest absolute Gasteiger partial charge is 0.244 e. The number of aromatic nitrogens is 5. The summed E-state index contributed by atoms with van der Waals surface area (Å²) in [6.45, 7) is 0. The highest BCUT2D eigenvalue weighted by Gasteiger charge is 2.31. The van der Waals surface area contributed by atoms with Gasteiger partial charge in [0, 0.05) is 17.3 Å². The Morgan fingerprint density at radius 1 is 1.30 bits per heavy atom. The molecule has 0 amide bonds. The molecule has 6 nitrogen and oxygen atoms in total. The minimum Gasteiger partial charge on any atom is -0.346 e. The van der Waals surface area contributed by atoms with E-state index < -0.39 is 0 Å². The van der Waals surface area contributed by atoms with Crippen molar-refractivity contribution in [3.8, 4) is 0 Å². The maximum atomic E-state index is 4.20. The van der Waals surface area contributed by atoms with Crippen molar-refractivity contribution in [3.63, 3.8) is 0 Å². The van der Waals surface area contributed by atoms with E-state index in [0.717, 1.165) is 12.0 Å². The van der Waals surface area contributed by atoms with Crippen LogP contribution < -0.4 is 5.32 Å². The molecule has 3 aromatic heterocycles. The fourth-order valence-electron chi connectivity index (χ4n) is 2.56. The second-order valence-corrected chi connectivity index (χ2v) is 5.68. The van der Waals surface area contributed by atoms with Crippen molar-refractivity contribution >= 4 is 17.3 Å². The first-order valence-corrected chi connectivity index (χ1v) is 7.27. The topological polar surface area (TPSA) is 68.5 Å². The predicted molar refractivity (Wildman–Crippen MR) is 75.5 cm³/mol. The molecular weight excluding hydrogens is 272 g/mol. The van der Waals surface area contributed by atoms with Gasteiger partial charge in [0.2, 0.25) is 5.95 Å². The molecule has 0 saturated heterocycles. The van der Waals surface area contributed by atoms with Crippen LogP contribution in [0, 0.1) is 0 Å². The average molecular weight is 284 g/mol. The first-order valence-electron chi connectivity index (χ1n) is 6.39. The van der Waals surface area contributed by atoms with Crippen LogP contribution in [0.3, 0.4) is 0 Å². The van der Waals surface area contributed by atoms with Crippen molar-refractivity contribution in [2.75, 3.05) is 5.32 Å². The van der Waals surface area contributed by atoms with Gasteiger partial charge in [0.05, 0.1) is 12.1 Å². The van der Waals surface area contributed by atoms with Crippen molar-refractivity contribution in [1.82, 2.24) is 25.2 Å². The summed E-state index contributed by atoms with van der Waals surface area (Å²) in [4.78, 5) is 5.47. The molecular formula is C13H12N6S. The van der Waals surface area contributed by atoms with E-state index in [-0.39, 0.29) is 12.1 Å². The number of anilines is 1. The molecule has 0 spiro atoms. The van der Waals surface area contributed by atoms with Gasteiger partial charge in [-0.15, -0.1) is 11.3 Å². The maximum absolute atomic E-state index is 4.20. The van der Waals surface area contributed by atoms with Gasteiger partial charge < -0.3 is 5.32 Å². The summed E-state index contributed by atoms with van der Waals surface area (Å²) in [5.41, 5.74) is 1.16. The molecule has 0 radical (unpaired) electrons. The van der Waals surface area contributed by atoms with E-state index in [1.165, 1.54) is 4.88 Å². The average Bonchev–Trinajstić information content (AvgIpc) is 3.18. The number of nitrogens with one attached hydrogen (secondary N) is 1. The quantitative estimate of drug-likeness (QED) is 0.782. The summed E-state index contributed by atoms with van der Waals surface area (Å²) >= 11 is 1.73. The second-order valence-electron chi connectivity index (χ2n) is 4.70. The van der Waals surface area contributed by atoms with Crippen LogP contribution in [0.4, 0.5) is 5.95 Å². The molecule has 20 heavy (non-hydrogen) atoms. The van der Waals surface area contributed by atoms with Gasteiger partial charge in [-0.25, -0.2) is 4.68 Å². The van der Waals surface area contributed by atoms with Crippen LogP contribution in [0.1, 0.15) is 28.9 Å². The van der Waals surface area contributed by atoms with Gasteiger partial charge in [-0.2, -0.15) is 0 Å². The SMILES string of the molecule is c1cncc([C@H]2C[C@@H](c3cccs3)n3nnnc3N2)c1. The van der Waals surface area contributed by atoms with Gasteiger partial charge in [-0.1, -0.05) is 17.2 Å². The van der Waals surface area contributed by atoms with Crippen LogP contribution in [0.5, 0.6) is 0 Å². The molecule has 1 aliphatic rings. The summed E-state index contributed by atoms with van der Waals surface area (Å²) < 4.78 is 1.86. The Hall–Kier alpha value is -2.28. The number of nitrogens with zero attached hydrogens (tertiary/aromatic N) is 5. The Morgan fingerprint density at radius 3 is 3.10 bits per heavy atom. The lowest BCUT2D eigenvalue weighted by molar-refractivity contribution is 0.428. The number of thiophene rings is 1. The third-order valence-electron chi connectivity index (χ3n) is 3.51. The molecule has 1 N–H and O–H groups in total. The largest absolute Gasteiger partial charge is 0.346 e. The van der Waals surface area contributed by atoms with E-state index in [2.05, 4.69) is 49.4 Å². The molecule has 0 bridgehead atoms. The zero-order chi connectivity index (χ0) is 13.4. The molecule has 4 rings (SSSR count). The van der Waals surface area contributed by atoms with E-state index in [1.54, 1.807) is 17.5 Å². The fraction of sp³-hybridized carbons (Fsp3) is 0.231. The number of rotatable bonds is 2. The summed E-state index contributed by atoms with van der Waals surface area (Å²) in [6, 6.07) is 8.57. The highest BCUT2D eigenvalue weighted by molar-refractivity contribution is 7.10.